The summed E-state index contributed by atoms with van der Waals surface area (Å²) in [6.45, 7) is 0.458. The molecule has 0 bridgehead atoms. The van der Waals surface area contributed by atoms with Crippen LogP contribution in [0.4, 0.5) is 0 Å². The van der Waals surface area contributed by atoms with Crippen molar-refractivity contribution in [2.45, 2.75) is 25.2 Å². The highest BCUT2D eigenvalue weighted by Gasteiger charge is 2.19. The predicted molar refractivity (Wildman–Crippen MR) is 107 cm³/mol. The molecule has 0 radical (unpaired) electrons. The van der Waals surface area contributed by atoms with E-state index >= 15 is 0 Å². The molecule has 0 saturated carbocycles. The Morgan fingerprint density at radius 1 is 0.852 bits per heavy atom. The van der Waals surface area contributed by atoms with Gasteiger partial charge in [0.05, 0.1) is 19.3 Å². The van der Waals surface area contributed by atoms with Gasteiger partial charge in [0.25, 0.3) is 0 Å². The molecule has 4 nitrogen and oxygen atoms in total. The standard InChI is InChI=1S/C23H25NO3/c1-26-22-15-19(23(24)20(25)14-17-8-4-2-5-9-17)12-13-21(22)27-16-18-10-6-3-7-11-18/h2-13,15,20,23,25H,14,16,24H2,1H3/t20-,23+/m1/s1. The fourth-order valence-electron chi connectivity index (χ4n) is 2.95. The summed E-state index contributed by atoms with van der Waals surface area (Å²) in [5.41, 5.74) is 9.22. The van der Waals surface area contributed by atoms with E-state index < -0.39 is 12.1 Å². The molecule has 0 heterocycles. The molecule has 0 aliphatic rings. The first-order chi connectivity index (χ1) is 13.2. The van der Waals surface area contributed by atoms with Crippen LogP contribution in [-0.4, -0.2) is 18.3 Å². The van der Waals surface area contributed by atoms with Crippen molar-refractivity contribution in [3.05, 3.63) is 95.6 Å². The van der Waals surface area contributed by atoms with E-state index in [2.05, 4.69) is 0 Å². The van der Waals surface area contributed by atoms with Gasteiger partial charge in [-0.1, -0.05) is 66.7 Å². The molecule has 0 spiro atoms. The van der Waals surface area contributed by atoms with Crippen LogP contribution in [-0.2, 0) is 13.0 Å². The molecule has 4 heteroatoms. The minimum absolute atomic E-state index is 0.458. The fourth-order valence-corrected chi connectivity index (χ4v) is 2.95. The Bertz CT molecular complexity index is 837. The molecular formula is C23H25NO3. The number of benzene rings is 3. The minimum atomic E-state index is -0.687. The Hall–Kier alpha value is -2.82. The van der Waals surface area contributed by atoms with Crippen molar-refractivity contribution in [3.63, 3.8) is 0 Å². The summed E-state index contributed by atoms with van der Waals surface area (Å²) in [5.74, 6) is 1.25. The lowest BCUT2D eigenvalue weighted by Gasteiger charge is -2.21. The minimum Gasteiger partial charge on any atom is -0.493 e. The van der Waals surface area contributed by atoms with Gasteiger partial charge in [-0.25, -0.2) is 0 Å². The lowest BCUT2D eigenvalue weighted by atomic mass is 9.96. The van der Waals surface area contributed by atoms with Crippen molar-refractivity contribution in [1.29, 1.82) is 0 Å². The summed E-state index contributed by atoms with van der Waals surface area (Å²) in [6.07, 6.45) is -0.190. The van der Waals surface area contributed by atoms with Gasteiger partial charge in [0.1, 0.15) is 6.61 Å². The molecule has 3 aromatic rings. The second kappa shape index (κ2) is 9.21. The van der Waals surface area contributed by atoms with Crippen LogP contribution in [0.25, 0.3) is 0 Å². The van der Waals surface area contributed by atoms with Crippen LogP contribution in [0.15, 0.2) is 78.9 Å². The highest BCUT2D eigenvalue weighted by atomic mass is 16.5. The third-order valence-electron chi connectivity index (χ3n) is 4.51. The number of aliphatic hydroxyl groups excluding tert-OH is 1. The van der Waals surface area contributed by atoms with E-state index in [0.717, 1.165) is 16.7 Å². The second-order valence-electron chi connectivity index (χ2n) is 6.47. The number of ether oxygens (including phenoxy) is 2. The number of nitrogens with two attached hydrogens (primary N) is 1. The van der Waals surface area contributed by atoms with Gasteiger partial charge in [0, 0.05) is 6.42 Å². The van der Waals surface area contributed by atoms with Crippen molar-refractivity contribution >= 4 is 0 Å². The van der Waals surface area contributed by atoms with Crippen LogP contribution in [0.2, 0.25) is 0 Å². The molecule has 0 fully saturated rings. The van der Waals surface area contributed by atoms with E-state index in [1.165, 1.54) is 0 Å². The zero-order chi connectivity index (χ0) is 19.1. The van der Waals surface area contributed by atoms with Crippen molar-refractivity contribution < 1.29 is 14.6 Å². The summed E-state index contributed by atoms with van der Waals surface area (Å²) in [6, 6.07) is 24.8. The van der Waals surface area contributed by atoms with E-state index in [-0.39, 0.29) is 0 Å². The Balaban J connectivity index is 1.69. The first-order valence-corrected chi connectivity index (χ1v) is 8.99. The first kappa shape index (κ1) is 19.0. The Morgan fingerprint density at radius 3 is 2.11 bits per heavy atom. The maximum absolute atomic E-state index is 10.5. The molecule has 2 atom stereocenters. The first-order valence-electron chi connectivity index (χ1n) is 8.99. The monoisotopic (exact) mass is 363 g/mol. The van der Waals surface area contributed by atoms with Crippen LogP contribution < -0.4 is 15.2 Å². The van der Waals surface area contributed by atoms with Crippen molar-refractivity contribution in [2.24, 2.45) is 5.73 Å². The van der Waals surface area contributed by atoms with Gasteiger partial charge in [0.15, 0.2) is 11.5 Å². The van der Waals surface area contributed by atoms with E-state index in [1.54, 1.807) is 7.11 Å². The van der Waals surface area contributed by atoms with Gasteiger partial charge in [-0.3, -0.25) is 0 Å². The number of rotatable bonds is 8. The molecular weight excluding hydrogens is 338 g/mol. The normalized spacial score (nSPS) is 13.0. The molecule has 0 aromatic heterocycles. The number of hydrogen-bond donors (Lipinski definition) is 2. The van der Waals surface area contributed by atoms with Gasteiger partial charge in [-0.2, -0.15) is 0 Å². The zero-order valence-electron chi connectivity index (χ0n) is 15.4. The average molecular weight is 363 g/mol. The molecule has 27 heavy (non-hydrogen) atoms. The van der Waals surface area contributed by atoms with Crippen LogP contribution >= 0.6 is 0 Å². The molecule has 0 unspecified atom stereocenters. The molecule has 0 aliphatic carbocycles. The van der Waals surface area contributed by atoms with Gasteiger partial charge in [-0.15, -0.1) is 0 Å². The number of hydrogen-bond acceptors (Lipinski definition) is 4. The molecule has 3 rings (SSSR count). The maximum atomic E-state index is 10.5. The molecule has 0 saturated heterocycles. The zero-order valence-corrected chi connectivity index (χ0v) is 15.4. The average Bonchev–Trinajstić information content (AvgIpc) is 2.73. The third-order valence-corrected chi connectivity index (χ3v) is 4.51. The molecule has 3 N–H and O–H groups in total. The largest absolute Gasteiger partial charge is 0.493 e. The SMILES string of the molecule is COc1cc([C@H](N)[C@H](O)Cc2ccccc2)ccc1OCc1ccccc1. The molecule has 3 aromatic carbocycles. The third kappa shape index (κ3) is 5.09. The van der Waals surface area contributed by atoms with Crippen LogP contribution in [0.3, 0.4) is 0 Å². The molecule has 0 aliphatic heterocycles. The van der Waals surface area contributed by atoms with E-state index in [9.17, 15) is 5.11 Å². The van der Waals surface area contributed by atoms with Crippen molar-refractivity contribution in [3.8, 4) is 11.5 Å². The predicted octanol–water partition coefficient (Wildman–Crippen LogP) is 3.88. The van der Waals surface area contributed by atoms with Gasteiger partial charge in [0.2, 0.25) is 0 Å². The topological polar surface area (TPSA) is 64.7 Å². The van der Waals surface area contributed by atoms with Gasteiger partial charge < -0.3 is 20.3 Å². The fraction of sp³-hybridized carbons (Fsp3) is 0.217. The summed E-state index contributed by atoms with van der Waals surface area (Å²) in [5, 5.41) is 10.5. The smallest absolute Gasteiger partial charge is 0.161 e. The molecule has 0 amide bonds. The summed E-state index contributed by atoms with van der Waals surface area (Å²) in [4.78, 5) is 0. The van der Waals surface area contributed by atoms with Crippen molar-refractivity contribution in [2.75, 3.05) is 7.11 Å². The lowest BCUT2D eigenvalue weighted by molar-refractivity contribution is 0.145. The van der Waals surface area contributed by atoms with E-state index in [0.29, 0.717) is 24.5 Å². The van der Waals surface area contributed by atoms with Crippen LogP contribution in [0.1, 0.15) is 22.7 Å². The summed E-state index contributed by atoms with van der Waals surface area (Å²) >= 11 is 0. The number of aliphatic hydroxyl groups is 1. The number of methoxy groups -OCH3 is 1. The Morgan fingerprint density at radius 2 is 1.48 bits per heavy atom. The highest BCUT2D eigenvalue weighted by molar-refractivity contribution is 5.44. The molecule has 140 valence electrons. The summed E-state index contributed by atoms with van der Waals surface area (Å²) in [7, 11) is 1.60. The van der Waals surface area contributed by atoms with Crippen LogP contribution in [0, 0.1) is 0 Å². The van der Waals surface area contributed by atoms with Crippen molar-refractivity contribution in [1.82, 2.24) is 0 Å². The highest BCUT2D eigenvalue weighted by Crippen LogP contribution is 2.31. The lowest BCUT2D eigenvalue weighted by Crippen LogP contribution is -2.28. The summed E-state index contributed by atoms with van der Waals surface area (Å²) < 4.78 is 11.3. The second-order valence-corrected chi connectivity index (χ2v) is 6.47. The van der Waals surface area contributed by atoms with Gasteiger partial charge in [-0.05, 0) is 28.8 Å². The Kier molecular flexibility index (Phi) is 6.47. The quantitative estimate of drug-likeness (QED) is 0.637. The van der Waals surface area contributed by atoms with Crippen LogP contribution in [0.5, 0.6) is 11.5 Å². The Labute approximate surface area is 160 Å². The van der Waals surface area contributed by atoms with E-state index in [4.69, 9.17) is 15.2 Å². The maximum Gasteiger partial charge on any atom is 0.161 e. The van der Waals surface area contributed by atoms with E-state index in [1.807, 2.05) is 78.9 Å². The van der Waals surface area contributed by atoms with Gasteiger partial charge >= 0.3 is 0 Å².